The minimum atomic E-state index is -0.0475. The number of aromatic nitrogens is 3. The average molecular weight is 339 g/mol. The number of rotatable bonds is 7. The molecule has 6 heteroatoms. The van der Waals surface area contributed by atoms with E-state index in [0.29, 0.717) is 18.0 Å². The van der Waals surface area contributed by atoms with Crippen molar-refractivity contribution in [1.29, 1.82) is 0 Å². The smallest absolute Gasteiger partial charge is 0.171 e. The molecule has 0 N–H and O–H groups in total. The summed E-state index contributed by atoms with van der Waals surface area (Å²) >= 11 is 0. The molecule has 0 bridgehead atoms. The summed E-state index contributed by atoms with van der Waals surface area (Å²) < 4.78 is 18.9. The predicted molar refractivity (Wildman–Crippen MR) is 95.1 cm³/mol. The van der Waals surface area contributed by atoms with Gasteiger partial charge in [-0.15, -0.1) is 0 Å². The normalized spacial score (nSPS) is 11.8. The second-order valence-corrected chi connectivity index (χ2v) is 5.56. The first-order valence-electron chi connectivity index (χ1n) is 8.02. The Labute approximate surface area is 147 Å². The molecule has 0 saturated carbocycles. The Hall–Kier alpha value is -3.02. The number of pyridine rings is 1. The van der Waals surface area contributed by atoms with E-state index in [1.807, 2.05) is 48.0 Å². The summed E-state index contributed by atoms with van der Waals surface area (Å²) in [7, 11) is 3.25. The molecular weight excluding hydrogens is 318 g/mol. The highest BCUT2D eigenvalue weighted by Crippen LogP contribution is 2.37. The number of para-hydroxylation sites is 1. The van der Waals surface area contributed by atoms with Crippen molar-refractivity contribution in [3.63, 3.8) is 0 Å². The molecule has 0 aliphatic carbocycles. The van der Waals surface area contributed by atoms with E-state index in [1.54, 1.807) is 32.8 Å². The Kier molecular flexibility index (Phi) is 5.18. The summed E-state index contributed by atoms with van der Waals surface area (Å²) in [6.07, 6.45) is 7.08. The predicted octanol–water partition coefficient (Wildman–Crippen LogP) is 3.43. The van der Waals surface area contributed by atoms with Gasteiger partial charge in [0.1, 0.15) is 17.7 Å². The maximum atomic E-state index is 5.91. The Morgan fingerprint density at radius 2 is 1.96 bits per heavy atom. The van der Waals surface area contributed by atoms with Crippen LogP contribution >= 0.6 is 0 Å². The van der Waals surface area contributed by atoms with E-state index in [2.05, 4.69) is 9.97 Å². The molecule has 0 radical (unpaired) electrons. The average Bonchev–Trinajstić information content (AvgIpc) is 3.09. The number of hydrogen-bond acceptors (Lipinski definition) is 5. The minimum Gasteiger partial charge on any atom is -0.493 e. The van der Waals surface area contributed by atoms with Crippen molar-refractivity contribution in [2.75, 3.05) is 14.2 Å². The van der Waals surface area contributed by atoms with Gasteiger partial charge in [-0.05, 0) is 31.2 Å². The number of benzene rings is 1. The molecule has 0 fully saturated rings. The summed E-state index contributed by atoms with van der Waals surface area (Å²) in [5.74, 6) is 2.89. The Bertz CT molecular complexity index is 818. The quantitative estimate of drug-likeness (QED) is 0.660. The van der Waals surface area contributed by atoms with Crippen LogP contribution in [0.15, 0.2) is 55.1 Å². The summed E-state index contributed by atoms with van der Waals surface area (Å²) in [4.78, 5) is 8.56. The second-order valence-electron chi connectivity index (χ2n) is 5.56. The Balaban J connectivity index is 1.84. The van der Waals surface area contributed by atoms with Crippen molar-refractivity contribution in [3.8, 4) is 28.6 Å². The molecule has 6 nitrogen and oxygen atoms in total. The third-order valence-corrected chi connectivity index (χ3v) is 3.78. The summed E-state index contributed by atoms with van der Waals surface area (Å²) in [5.41, 5.74) is 0.875. The van der Waals surface area contributed by atoms with Gasteiger partial charge >= 0.3 is 0 Å². The van der Waals surface area contributed by atoms with Crippen LogP contribution in [0.1, 0.15) is 6.92 Å². The molecule has 0 aliphatic heterocycles. The SMILES string of the molecule is COc1cccc(-c2nccn2CC(C)Oc2cccnc2)c1OC. The minimum absolute atomic E-state index is 0.0475. The first-order chi connectivity index (χ1) is 12.2. The van der Waals surface area contributed by atoms with Crippen LogP contribution in [0.4, 0.5) is 0 Å². The molecule has 0 aliphatic rings. The molecule has 130 valence electrons. The van der Waals surface area contributed by atoms with E-state index in [-0.39, 0.29) is 6.10 Å². The fraction of sp³-hybridized carbons (Fsp3) is 0.263. The molecule has 1 atom stereocenters. The van der Waals surface area contributed by atoms with Crippen LogP contribution in [0, 0.1) is 0 Å². The number of nitrogens with zero attached hydrogens (tertiary/aromatic N) is 3. The summed E-state index contributed by atoms with van der Waals surface area (Å²) in [5, 5.41) is 0. The molecular formula is C19H21N3O3. The molecule has 0 amide bonds. The van der Waals surface area contributed by atoms with Crippen molar-refractivity contribution in [2.45, 2.75) is 19.6 Å². The van der Waals surface area contributed by atoms with Gasteiger partial charge in [-0.1, -0.05) is 6.07 Å². The molecule has 2 aromatic heterocycles. The molecule has 0 spiro atoms. The lowest BCUT2D eigenvalue weighted by Gasteiger charge is -2.18. The van der Waals surface area contributed by atoms with Gasteiger partial charge in [0.15, 0.2) is 11.5 Å². The van der Waals surface area contributed by atoms with E-state index in [0.717, 1.165) is 17.1 Å². The van der Waals surface area contributed by atoms with Crippen LogP contribution in [0.3, 0.4) is 0 Å². The number of ether oxygens (including phenoxy) is 3. The fourth-order valence-corrected chi connectivity index (χ4v) is 2.73. The highest BCUT2D eigenvalue weighted by Gasteiger charge is 2.17. The summed E-state index contributed by atoms with van der Waals surface area (Å²) in [6, 6.07) is 9.50. The lowest BCUT2D eigenvalue weighted by molar-refractivity contribution is 0.199. The van der Waals surface area contributed by atoms with Crippen molar-refractivity contribution in [3.05, 3.63) is 55.1 Å². The second kappa shape index (κ2) is 7.70. The van der Waals surface area contributed by atoms with Crippen molar-refractivity contribution in [2.24, 2.45) is 0 Å². The molecule has 0 saturated heterocycles. The van der Waals surface area contributed by atoms with Gasteiger partial charge in [0.05, 0.1) is 32.5 Å². The first-order valence-corrected chi connectivity index (χ1v) is 8.02. The number of imidazole rings is 1. The van der Waals surface area contributed by atoms with Gasteiger partial charge in [0.25, 0.3) is 0 Å². The molecule has 3 aromatic rings. The molecule has 2 heterocycles. The van der Waals surface area contributed by atoms with Crippen LogP contribution in [0.5, 0.6) is 17.2 Å². The zero-order valence-corrected chi connectivity index (χ0v) is 14.5. The summed E-state index contributed by atoms with van der Waals surface area (Å²) in [6.45, 7) is 2.66. The first kappa shape index (κ1) is 16.8. The topological polar surface area (TPSA) is 58.4 Å². The lowest BCUT2D eigenvalue weighted by atomic mass is 10.1. The zero-order valence-electron chi connectivity index (χ0n) is 14.5. The van der Waals surface area contributed by atoms with Crippen molar-refractivity contribution < 1.29 is 14.2 Å². The van der Waals surface area contributed by atoms with Gasteiger partial charge in [0, 0.05) is 18.6 Å². The number of methoxy groups -OCH3 is 2. The molecule has 1 aromatic carbocycles. The Morgan fingerprint density at radius 3 is 2.68 bits per heavy atom. The zero-order chi connectivity index (χ0) is 17.6. The largest absolute Gasteiger partial charge is 0.493 e. The van der Waals surface area contributed by atoms with E-state index in [4.69, 9.17) is 14.2 Å². The van der Waals surface area contributed by atoms with Crippen molar-refractivity contribution in [1.82, 2.24) is 14.5 Å². The van der Waals surface area contributed by atoms with Gasteiger partial charge < -0.3 is 18.8 Å². The van der Waals surface area contributed by atoms with Gasteiger partial charge in [-0.25, -0.2) is 4.98 Å². The highest BCUT2D eigenvalue weighted by molar-refractivity contribution is 5.69. The fourth-order valence-electron chi connectivity index (χ4n) is 2.73. The van der Waals surface area contributed by atoms with Crippen LogP contribution in [-0.4, -0.2) is 34.9 Å². The molecule has 25 heavy (non-hydrogen) atoms. The van der Waals surface area contributed by atoms with E-state index >= 15 is 0 Å². The monoisotopic (exact) mass is 339 g/mol. The van der Waals surface area contributed by atoms with Crippen LogP contribution < -0.4 is 14.2 Å². The maximum absolute atomic E-state index is 5.91. The van der Waals surface area contributed by atoms with Crippen LogP contribution in [0.2, 0.25) is 0 Å². The van der Waals surface area contributed by atoms with E-state index < -0.39 is 0 Å². The van der Waals surface area contributed by atoms with Gasteiger partial charge in [0.2, 0.25) is 0 Å². The maximum Gasteiger partial charge on any atom is 0.171 e. The molecule has 1 unspecified atom stereocenters. The molecule has 3 rings (SSSR count). The lowest BCUT2D eigenvalue weighted by Crippen LogP contribution is -2.19. The Morgan fingerprint density at radius 1 is 1.08 bits per heavy atom. The van der Waals surface area contributed by atoms with Gasteiger partial charge in [-0.3, -0.25) is 4.98 Å². The van der Waals surface area contributed by atoms with Crippen LogP contribution in [-0.2, 0) is 6.54 Å². The van der Waals surface area contributed by atoms with E-state index in [9.17, 15) is 0 Å². The van der Waals surface area contributed by atoms with E-state index in [1.165, 1.54) is 0 Å². The number of hydrogen-bond donors (Lipinski definition) is 0. The highest BCUT2D eigenvalue weighted by atomic mass is 16.5. The van der Waals surface area contributed by atoms with Crippen LogP contribution in [0.25, 0.3) is 11.4 Å². The van der Waals surface area contributed by atoms with Gasteiger partial charge in [-0.2, -0.15) is 0 Å². The third-order valence-electron chi connectivity index (χ3n) is 3.78. The third kappa shape index (κ3) is 3.74. The standard InChI is InChI=1S/C19H21N3O3/c1-14(25-15-6-5-9-20-12-15)13-22-11-10-21-19(22)16-7-4-8-17(23-2)18(16)24-3/h4-12,14H,13H2,1-3H3. The van der Waals surface area contributed by atoms with Crippen molar-refractivity contribution >= 4 is 0 Å².